The Morgan fingerprint density at radius 3 is 2.90 bits per heavy atom. The van der Waals surface area contributed by atoms with Crippen LogP contribution < -0.4 is 5.32 Å². The molecule has 0 spiro atoms. The number of pyridine rings is 1. The molecule has 4 aromatic rings. The van der Waals surface area contributed by atoms with Crippen molar-refractivity contribution in [3.63, 3.8) is 0 Å². The Labute approximate surface area is 188 Å². The minimum atomic E-state index is -0.498. The lowest BCUT2D eigenvalue weighted by molar-refractivity contribution is 0.457. The first-order valence-electron chi connectivity index (χ1n) is 10.5. The van der Waals surface area contributed by atoms with E-state index in [4.69, 9.17) is 17.2 Å². The molecule has 10 heteroatoms. The lowest BCUT2D eigenvalue weighted by atomic mass is 10.1. The Hall–Kier alpha value is -2.46. The summed E-state index contributed by atoms with van der Waals surface area (Å²) < 4.78 is 7.01. The number of hydrogen-bond donors (Lipinski definition) is 1. The van der Waals surface area contributed by atoms with Crippen molar-refractivity contribution in [2.75, 3.05) is 29.3 Å². The van der Waals surface area contributed by atoms with E-state index in [1.165, 1.54) is 17.9 Å². The van der Waals surface area contributed by atoms with E-state index in [-0.39, 0.29) is 0 Å². The Morgan fingerprint density at radius 2 is 2.06 bits per heavy atom. The summed E-state index contributed by atoms with van der Waals surface area (Å²) in [5.74, 6) is 3.19. The molecule has 0 aromatic carbocycles. The van der Waals surface area contributed by atoms with E-state index in [2.05, 4.69) is 37.6 Å². The van der Waals surface area contributed by atoms with Crippen LogP contribution in [0.3, 0.4) is 0 Å². The van der Waals surface area contributed by atoms with Gasteiger partial charge >= 0.3 is 0 Å². The summed E-state index contributed by atoms with van der Waals surface area (Å²) in [4.78, 5) is 9.50. The number of aryl methyl sites for hydroxylation is 2. The molecule has 0 amide bonds. The number of imidazole rings is 1. The van der Waals surface area contributed by atoms with Crippen LogP contribution in [0.25, 0.3) is 16.8 Å². The molecule has 5 rings (SSSR count). The summed E-state index contributed by atoms with van der Waals surface area (Å²) in [6.07, 6.45) is 14.0. The number of rotatable bonds is 3. The summed E-state index contributed by atoms with van der Waals surface area (Å²) >= 11 is 5.84. The van der Waals surface area contributed by atoms with Gasteiger partial charge in [-0.05, 0) is 74.1 Å². The third kappa shape index (κ3) is 3.71. The van der Waals surface area contributed by atoms with Crippen LogP contribution in [0.1, 0.15) is 30.9 Å². The summed E-state index contributed by atoms with van der Waals surface area (Å²) in [7, 11) is 1.51. The average Bonchev–Trinajstić information content (AvgIpc) is 3.21. The quantitative estimate of drug-likeness (QED) is 0.461. The fourth-order valence-electron chi connectivity index (χ4n) is 4.41. The predicted molar refractivity (Wildman–Crippen MR) is 130 cm³/mol. The van der Waals surface area contributed by atoms with Crippen LogP contribution >= 0.6 is 22.2 Å². The molecule has 0 bridgehead atoms. The largest absolute Gasteiger partial charge is 0.323 e. The Morgan fingerprint density at radius 1 is 1.23 bits per heavy atom. The van der Waals surface area contributed by atoms with Crippen LogP contribution in [0.4, 0.5) is 11.6 Å². The minimum absolute atomic E-state index is 0.392. The van der Waals surface area contributed by atoms with Crippen LogP contribution in [0.5, 0.6) is 0 Å². The first kappa shape index (κ1) is 20.4. The SMILES string of the molecule is Cc1cc2nncn2cc1Nc1ncc2c(n1)n(C1CCCS(C)(C)CC1)c(=S)n2C. The van der Waals surface area contributed by atoms with Crippen molar-refractivity contribution >= 4 is 50.7 Å². The minimum Gasteiger partial charge on any atom is -0.323 e. The van der Waals surface area contributed by atoms with E-state index >= 15 is 0 Å². The summed E-state index contributed by atoms with van der Waals surface area (Å²) in [6.45, 7) is 2.04. The Kier molecular flexibility index (Phi) is 5.01. The maximum Gasteiger partial charge on any atom is 0.229 e. The fourth-order valence-corrected chi connectivity index (χ4v) is 6.81. The smallest absolute Gasteiger partial charge is 0.229 e. The predicted octanol–water partition coefficient (Wildman–Crippen LogP) is 4.38. The first-order chi connectivity index (χ1) is 14.8. The van der Waals surface area contributed by atoms with E-state index < -0.39 is 10.0 Å². The summed E-state index contributed by atoms with van der Waals surface area (Å²) in [5, 5.41) is 11.4. The highest BCUT2D eigenvalue weighted by atomic mass is 32.3. The normalized spacial score (nSPS) is 20.1. The molecular weight excluding hydrogens is 428 g/mol. The van der Waals surface area contributed by atoms with Crippen LogP contribution in [0.15, 0.2) is 24.8 Å². The molecule has 1 unspecified atom stereocenters. The maximum atomic E-state index is 5.84. The molecule has 0 aliphatic carbocycles. The number of hydrogen-bond acceptors (Lipinski definition) is 6. The third-order valence-corrected chi connectivity index (χ3v) is 9.53. The molecule has 164 valence electrons. The van der Waals surface area contributed by atoms with E-state index in [9.17, 15) is 0 Å². The van der Waals surface area contributed by atoms with E-state index in [0.717, 1.165) is 45.7 Å². The lowest BCUT2D eigenvalue weighted by Crippen LogP contribution is -2.12. The van der Waals surface area contributed by atoms with Gasteiger partial charge in [-0.1, -0.05) is 0 Å². The number of nitrogens with one attached hydrogen (secondary N) is 1. The van der Waals surface area contributed by atoms with Crippen molar-refractivity contribution in [3.8, 4) is 0 Å². The molecule has 1 atom stereocenters. The molecular formula is C21H28N8S2. The van der Waals surface area contributed by atoms with Gasteiger partial charge in [0.1, 0.15) is 11.8 Å². The molecule has 5 heterocycles. The van der Waals surface area contributed by atoms with Gasteiger partial charge in [-0.3, -0.25) is 8.97 Å². The summed E-state index contributed by atoms with van der Waals surface area (Å²) in [5.41, 5.74) is 4.68. The van der Waals surface area contributed by atoms with Crippen LogP contribution in [0, 0.1) is 11.7 Å². The number of nitrogens with zero attached hydrogens (tertiary/aromatic N) is 7. The van der Waals surface area contributed by atoms with Crippen molar-refractivity contribution in [2.45, 2.75) is 32.2 Å². The van der Waals surface area contributed by atoms with Crippen molar-refractivity contribution < 1.29 is 0 Å². The van der Waals surface area contributed by atoms with Gasteiger partial charge in [-0.15, -0.1) is 10.2 Å². The average molecular weight is 457 g/mol. The molecule has 4 aromatic heterocycles. The second-order valence-corrected chi connectivity index (χ2v) is 13.7. The topological polar surface area (TPSA) is 77.9 Å². The van der Waals surface area contributed by atoms with Gasteiger partial charge in [0.05, 0.1) is 11.9 Å². The second-order valence-electron chi connectivity index (χ2n) is 8.97. The Balaban J connectivity index is 1.55. The molecule has 1 saturated heterocycles. The van der Waals surface area contributed by atoms with Gasteiger partial charge < -0.3 is 9.88 Å². The standard InChI is InChI=1S/C21H28N8S2/c1-14-10-18-26-23-13-28(18)12-16(14)24-20-22-11-17-19(25-20)29(21(30)27(17)2)15-6-5-8-31(3,4)9-7-15/h10-13,15H,5-9H2,1-4H3,(H,22,24,25). The van der Waals surface area contributed by atoms with Gasteiger partial charge in [-0.2, -0.15) is 4.98 Å². The fraction of sp³-hybridized carbons (Fsp3) is 0.476. The summed E-state index contributed by atoms with van der Waals surface area (Å²) in [6, 6.07) is 2.39. The van der Waals surface area contributed by atoms with Crippen LogP contribution in [-0.2, 0) is 7.05 Å². The number of anilines is 2. The van der Waals surface area contributed by atoms with Crippen molar-refractivity contribution in [2.24, 2.45) is 7.05 Å². The van der Waals surface area contributed by atoms with Crippen LogP contribution in [0.2, 0.25) is 0 Å². The van der Waals surface area contributed by atoms with E-state index in [0.29, 0.717) is 12.0 Å². The molecule has 31 heavy (non-hydrogen) atoms. The van der Waals surface area contributed by atoms with Gasteiger partial charge in [0.2, 0.25) is 5.95 Å². The third-order valence-electron chi connectivity index (χ3n) is 6.32. The van der Waals surface area contributed by atoms with Crippen molar-refractivity contribution in [1.29, 1.82) is 0 Å². The molecule has 1 N–H and O–H groups in total. The molecule has 0 saturated carbocycles. The van der Waals surface area contributed by atoms with Gasteiger partial charge in [0, 0.05) is 19.3 Å². The van der Waals surface area contributed by atoms with Gasteiger partial charge in [0.25, 0.3) is 0 Å². The maximum absolute atomic E-state index is 5.84. The van der Waals surface area contributed by atoms with E-state index in [1.807, 2.05) is 41.4 Å². The van der Waals surface area contributed by atoms with Crippen molar-refractivity contribution in [3.05, 3.63) is 35.1 Å². The number of aromatic nitrogens is 7. The van der Waals surface area contributed by atoms with Gasteiger partial charge in [-0.25, -0.2) is 15.0 Å². The molecule has 1 fully saturated rings. The lowest BCUT2D eigenvalue weighted by Gasteiger charge is -2.29. The highest BCUT2D eigenvalue weighted by Gasteiger charge is 2.25. The zero-order valence-corrected chi connectivity index (χ0v) is 20.0. The first-order valence-corrected chi connectivity index (χ1v) is 13.7. The molecule has 1 aliphatic heterocycles. The highest BCUT2D eigenvalue weighted by Crippen LogP contribution is 2.46. The highest BCUT2D eigenvalue weighted by molar-refractivity contribution is 8.32. The Bertz CT molecular complexity index is 1330. The molecule has 0 radical (unpaired) electrons. The monoisotopic (exact) mass is 456 g/mol. The molecule has 1 aliphatic rings. The van der Waals surface area contributed by atoms with Gasteiger partial charge in [0.15, 0.2) is 16.1 Å². The zero-order chi connectivity index (χ0) is 21.8. The zero-order valence-electron chi connectivity index (χ0n) is 18.4. The van der Waals surface area contributed by atoms with E-state index in [1.54, 1.807) is 6.33 Å². The molecule has 8 nitrogen and oxygen atoms in total. The van der Waals surface area contributed by atoms with Crippen molar-refractivity contribution in [1.82, 2.24) is 33.7 Å². The second kappa shape index (κ2) is 7.59. The number of fused-ring (bicyclic) bond motifs is 2. The van der Waals surface area contributed by atoms with Crippen LogP contribution in [-0.4, -0.2) is 57.7 Å².